The minimum Gasteiger partial charge on any atom is -0.478 e. The second-order valence-corrected chi connectivity index (χ2v) is 3.59. The van der Waals surface area contributed by atoms with Crippen molar-refractivity contribution in [2.75, 3.05) is 11.9 Å². The molecule has 18 heavy (non-hydrogen) atoms. The number of carbonyl (C=O) groups excluding carboxylic acids is 1. The fourth-order valence-corrected chi connectivity index (χ4v) is 1.32. The van der Waals surface area contributed by atoms with Gasteiger partial charge in [-0.3, -0.25) is 0 Å². The maximum atomic E-state index is 11.5. The Hall–Kier alpha value is -2.48. The Morgan fingerprint density at radius 1 is 1.39 bits per heavy atom. The highest BCUT2D eigenvalue weighted by atomic mass is 16.4. The molecule has 0 radical (unpaired) electrons. The number of rotatable bonds is 3. The summed E-state index contributed by atoms with van der Waals surface area (Å²) in [5.74, 6) is 4.23. The predicted octanol–water partition coefficient (Wildman–Crippen LogP) is 1.84. The van der Waals surface area contributed by atoms with Crippen molar-refractivity contribution in [3.63, 3.8) is 0 Å². The Morgan fingerprint density at radius 3 is 2.72 bits per heavy atom. The van der Waals surface area contributed by atoms with Gasteiger partial charge >= 0.3 is 12.0 Å². The molecule has 94 valence electrons. The molecule has 1 rings (SSSR count). The van der Waals surface area contributed by atoms with Crippen molar-refractivity contribution in [2.45, 2.75) is 13.8 Å². The molecule has 0 aliphatic carbocycles. The summed E-state index contributed by atoms with van der Waals surface area (Å²) in [7, 11) is 0. The van der Waals surface area contributed by atoms with Gasteiger partial charge in [0, 0.05) is 0 Å². The molecule has 1 aromatic rings. The average Bonchev–Trinajstić information content (AvgIpc) is 2.31. The molecule has 2 amide bonds. The number of aryl methyl sites for hydroxylation is 1. The fourth-order valence-electron chi connectivity index (χ4n) is 1.32. The Labute approximate surface area is 105 Å². The number of hydrogen-bond donors (Lipinski definition) is 3. The molecule has 0 heterocycles. The van der Waals surface area contributed by atoms with Gasteiger partial charge in [0.25, 0.3) is 0 Å². The van der Waals surface area contributed by atoms with Gasteiger partial charge in [-0.15, -0.1) is 5.92 Å². The van der Waals surface area contributed by atoms with Crippen LogP contribution in [0.15, 0.2) is 18.2 Å². The third-order valence-electron chi connectivity index (χ3n) is 2.17. The molecule has 0 fully saturated rings. The van der Waals surface area contributed by atoms with Crippen LogP contribution in [0.3, 0.4) is 0 Å². The molecular formula is C13H14N2O3. The number of carbonyl (C=O) groups is 2. The van der Waals surface area contributed by atoms with E-state index in [9.17, 15) is 9.59 Å². The summed E-state index contributed by atoms with van der Waals surface area (Å²) in [5.41, 5.74) is 1.14. The van der Waals surface area contributed by atoms with Gasteiger partial charge in [0.2, 0.25) is 0 Å². The number of anilines is 1. The summed E-state index contributed by atoms with van der Waals surface area (Å²) >= 11 is 0. The number of benzene rings is 1. The lowest BCUT2D eigenvalue weighted by Gasteiger charge is -2.09. The molecule has 0 aliphatic rings. The van der Waals surface area contributed by atoms with Crippen LogP contribution < -0.4 is 10.6 Å². The molecule has 3 N–H and O–H groups in total. The lowest BCUT2D eigenvalue weighted by Crippen LogP contribution is -2.29. The Bertz CT molecular complexity index is 527. The number of amides is 2. The largest absolute Gasteiger partial charge is 0.478 e. The molecule has 0 aromatic heterocycles. The van der Waals surface area contributed by atoms with Crippen LogP contribution in [0.25, 0.3) is 0 Å². The summed E-state index contributed by atoms with van der Waals surface area (Å²) in [5, 5.41) is 14.0. The second-order valence-electron chi connectivity index (χ2n) is 3.59. The highest BCUT2D eigenvalue weighted by Gasteiger charge is 2.12. The molecular weight excluding hydrogens is 232 g/mol. The summed E-state index contributed by atoms with van der Waals surface area (Å²) in [6.07, 6.45) is 0. The van der Waals surface area contributed by atoms with Crippen LogP contribution in [0, 0.1) is 18.8 Å². The summed E-state index contributed by atoms with van der Waals surface area (Å²) in [6, 6.07) is 4.31. The van der Waals surface area contributed by atoms with Crippen LogP contribution in [-0.4, -0.2) is 23.7 Å². The molecule has 0 atom stereocenters. The molecule has 1 aromatic carbocycles. The molecule has 0 saturated carbocycles. The Kier molecular flexibility index (Phi) is 4.76. The third-order valence-corrected chi connectivity index (χ3v) is 2.17. The van der Waals surface area contributed by atoms with Crippen LogP contribution >= 0.6 is 0 Å². The molecule has 0 bridgehead atoms. The van der Waals surface area contributed by atoms with Gasteiger partial charge in [0.15, 0.2) is 0 Å². The van der Waals surface area contributed by atoms with Crippen molar-refractivity contribution >= 4 is 17.7 Å². The standard InChI is InChI=1S/C13H14N2O3/c1-3-4-7-14-13(18)15-11-6-5-9(2)8-10(11)12(16)17/h5-6,8H,7H2,1-2H3,(H,16,17)(H2,14,15,18). The van der Waals surface area contributed by atoms with Crippen molar-refractivity contribution in [3.8, 4) is 11.8 Å². The number of carboxylic acid groups (broad SMARTS) is 1. The predicted molar refractivity (Wildman–Crippen MR) is 68.6 cm³/mol. The van der Waals surface area contributed by atoms with E-state index in [0.29, 0.717) is 0 Å². The zero-order chi connectivity index (χ0) is 13.5. The molecule has 0 unspecified atom stereocenters. The van der Waals surface area contributed by atoms with E-state index in [1.54, 1.807) is 26.0 Å². The normalized spacial score (nSPS) is 9.00. The maximum absolute atomic E-state index is 11.5. The number of carboxylic acids is 1. The van der Waals surface area contributed by atoms with E-state index in [0.717, 1.165) is 5.56 Å². The Balaban J connectivity index is 2.79. The lowest BCUT2D eigenvalue weighted by molar-refractivity contribution is 0.0698. The molecule has 0 aliphatic heterocycles. The van der Waals surface area contributed by atoms with Gasteiger partial charge in [-0.2, -0.15) is 0 Å². The molecule has 5 nitrogen and oxygen atoms in total. The van der Waals surface area contributed by atoms with E-state index in [4.69, 9.17) is 5.11 Å². The van der Waals surface area contributed by atoms with Crippen LogP contribution in [0.5, 0.6) is 0 Å². The third kappa shape index (κ3) is 3.83. The van der Waals surface area contributed by atoms with Crippen LogP contribution in [0.1, 0.15) is 22.8 Å². The van der Waals surface area contributed by atoms with Gasteiger partial charge in [0.05, 0.1) is 17.8 Å². The van der Waals surface area contributed by atoms with E-state index in [2.05, 4.69) is 22.5 Å². The SMILES string of the molecule is CC#CCNC(=O)Nc1ccc(C)cc1C(=O)O. The first-order valence-electron chi connectivity index (χ1n) is 5.33. The van der Waals surface area contributed by atoms with Gasteiger partial charge in [-0.1, -0.05) is 17.6 Å². The van der Waals surface area contributed by atoms with Gasteiger partial charge < -0.3 is 15.7 Å². The highest BCUT2D eigenvalue weighted by Crippen LogP contribution is 2.17. The first-order valence-corrected chi connectivity index (χ1v) is 5.33. The number of urea groups is 1. The zero-order valence-corrected chi connectivity index (χ0v) is 10.2. The lowest BCUT2D eigenvalue weighted by atomic mass is 10.1. The van der Waals surface area contributed by atoms with E-state index in [1.165, 1.54) is 6.07 Å². The van der Waals surface area contributed by atoms with Crippen molar-refractivity contribution in [1.29, 1.82) is 0 Å². The zero-order valence-electron chi connectivity index (χ0n) is 10.2. The van der Waals surface area contributed by atoms with Gasteiger partial charge in [0.1, 0.15) is 0 Å². The maximum Gasteiger partial charge on any atom is 0.337 e. The summed E-state index contributed by atoms with van der Waals surface area (Å²) in [6.45, 7) is 3.67. The quantitative estimate of drug-likeness (QED) is 0.712. The Morgan fingerprint density at radius 2 is 2.11 bits per heavy atom. The van der Waals surface area contributed by atoms with Crippen LogP contribution in [0.4, 0.5) is 10.5 Å². The van der Waals surface area contributed by atoms with Crippen LogP contribution in [0.2, 0.25) is 0 Å². The first kappa shape index (κ1) is 13.6. The van der Waals surface area contributed by atoms with Crippen molar-refractivity contribution in [1.82, 2.24) is 5.32 Å². The second kappa shape index (κ2) is 6.30. The molecule has 0 spiro atoms. The van der Waals surface area contributed by atoms with Gasteiger partial charge in [-0.05, 0) is 26.0 Å². The minimum atomic E-state index is -1.08. The number of nitrogens with one attached hydrogen (secondary N) is 2. The van der Waals surface area contributed by atoms with Gasteiger partial charge in [-0.25, -0.2) is 9.59 Å². The number of hydrogen-bond acceptors (Lipinski definition) is 2. The molecule has 5 heteroatoms. The highest BCUT2D eigenvalue weighted by molar-refractivity contribution is 6.00. The van der Waals surface area contributed by atoms with Crippen molar-refractivity contribution in [3.05, 3.63) is 29.3 Å². The topological polar surface area (TPSA) is 78.4 Å². The van der Waals surface area contributed by atoms with E-state index in [1.807, 2.05) is 0 Å². The molecule has 0 saturated heterocycles. The average molecular weight is 246 g/mol. The van der Waals surface area contributed by atoms with E-state index < -0.39 is 12.0 Å². The van der Waals surface area contributed by atoms with Crippen LogP contribution in [-0.2, 0) is 0 Å². The fraction of sp³-hybridized carbons (Fsp3) is 0.231. The number of aromatic carboxylic acids is 1. The van der Waals surface area contributed by atoms with E-state index >= 15 is 0 Å². The van der Waals surface area contributed by atoms with E-state index in [-0.39, 0.29) is 17.8 Å². The first-order chi connectivity index (χ1) is 8.54. The smallest absolute Gasteiger partial charge is 0.337 e. The summed E-state index contributed by atoms with van der Waals surface area (Å²) in [4.78, 5) is 22.5. The monoisotopic (exact) mass is 246 g/mol. The summed E-state index contributed by atoms with van der Waals surface area (Å²) < 4.78 is 0. The van der Waals surface area contributed by atoms with Crippen molar-refractivity contribution in [2.24, 2.45) is 0 Å². The minimum absolute atomic E-state index is 0.0618. The van der Waals surface area contributed by atoms with Crippen molar-refractivity contribution < 1.29 is 14.7 Å².